The van der Waals surface area contributed by atoms with Crippen LogP contribution in [-0.4, -0.2) is 28.0 Å². The molecular weight excluding hydrogens is 190 g/mol. The van der Waals surface area contributed by atoms with Gasteiger partial charge in [-0.15, -0.1) is 10.2 Å². The molecular formula is C8H14ClN3O. The van der Waals surface area contributed by atoms with E-state index < -0.39 is 0 Å². The van der Waals surface area contributed by atoms with Crippen molar-refractivity contribution in [3.8, 4) is 0 Å². The first kappa shape index (κ1) is 10.5. The molecule has 0 saturated carbocycles. The summed E-state index contributed by atoms with van der Waals surface area (Å²) in [6.07, 6.45) is 0.937. The summed E-state index contributed by atoms with van der Waals surface area (Å²) in [5, 5.41) is 8.06. The minimum Gasteiger partial charge on any atom is -0.382 e. The fourth-order valence-electron chi connectivity index (χ4n) is 1.08. The van der Waals surface area contributed by atoms with E-state index in [0.29, 0.717) is 5.28 Å². The molecule has 0 fully saturated rings. The predicted molar refractivity (Wildman–Crippen MR) is 50.9 cm³/mol. The molecule has 0 unspecified atom stereocenters. The highest BCUT2D eigenvalue weighted by atomic mass is 35.5. The summed E-state index contributed by atoms with van der Waals surface area (Å²) in [6, 6.07) is 0. The minimum atomic E-state index is 0.453. The zero-order valence-electron chi connectivity index (χ0n) is 7.96. The Morgan fingerprint density at radius 2 is 2.23 bits per heavy atom. The Labute approximate surface area is 82.9 Å². The van der Waals surface area contributed by atoms with Gasteiger partial charge < -0.3 is 9.30 Å². The molecule has 1 aromatic rings. The highest BCUT2D eigenvalue weighted by molar-refractivity contribution is 6.28. The van der Waals surface area contributed by atoms with Crippen molar-refractivity contribution >= 4 is 11.6 Å². The van der Waals surface area contributed by atoms with Gasteiger partial charge in [0.25, 0.3) is 0 Å². The van der Waals surface area contributed by atoms with Gasteiger partial charge >= 0.3 is 0 Å². The largest absolute Gasteiger partial charge is 0.382 e. The van der Waals surface area contributed by atoms with Gasteiger partial charge in [-0.2, -0.15) is 0 Å². The molecule has 74 valence electrons. The molecule has 1 rings (SSSR count). The standard InChI is InChI=1S/C8H14ClN3O/c1-3-13-6-4-5-12-7(2)10-11-8(12)9/h3-6H2,1-2H3. The molecule has 0 aromatic carbocycles. The summed E-state index contributed by atoms with van der Waals surface area (Å²) < 4.78 is 7.09. The first-order valence-electron chi connectivity index (χ1n) is 4.38. The van der Waals surface area contributed by atoms with Crippen LogP contribution in [0.25, 0.3) is 0 Å². The monoisotopic (exact) mass is 203 g/mol. The van der Waals surface area contributed by atoms with Crippen LogP contribution in [0, 0.1) is 6.92 Å². The van der Waals surface area contributed by atoms with E-state index in [9.17, 15) is 0 Å². The van der Waals surface area contributed by atoms with Crippen molar-refractivity contribution in [2.45, 2.75) is 26.8 Å². The fourth-order valence-corrected chi connectivity index (χ4v) is 1.32. The van der Waals surface area contributed by atoms with Crippen LogP contribution >= 0.6 is 11.6 Å². The lowest BCUT2D eigenvalue weighted by atomic mass is 10.4. The zero-order chi connectivity index (χ0) is 9.68. The van der Waals surface area contributed by atoms with Crippen molar-refractivity contribution in [2.75, 3.05) is 13.2 Å². The second-order valence-corrected chi connectivity index (χ2v) is 3.06. The predicted octanol–water partition coefficient (Wildman–Crippen LogP) is 1.67. The van der Waals surface area contributed by atoms with Gasteiger partial charge in [-0.05, 0) is 31.9 Å². The molecule has 13 heavy (non-hydrogen) atoms. The quantitative estimate of drug-likeness (QED) is 0.684. The van der Waals surface area contributed by atoms with Crippen LogP contribution in [0.5, 0.6) is 0 Å². The van der Waals surface area contributed by atoms with Gasteiger partial charge in [0.1, 0.15) is 5.82 Å². The summed E-state index contributed by atoms with van der Waals surface area (Å²) in [6.45, 7) is 6.20. The first-order chi connectivity index (χ1) is 6.25. The lowest BCUT2D eigenvalue weighted by molar-refractivity contribution is 0.141. The number of ether oxygens (including phenoxy) is 1. The molecule has 4 nitrogen and oxygen atoms in total. The van der Waals surface area contributed by atoms with Crippen molar-refractivity contribution in [1.82, 2.24) is 14.8 Å². The topological polar surface area (TPSA) is 39.9 Å². The molecule has 0 saturated heterocycles. The SMILES string of the molecule is CCOCCCn1c(C)nnc1Cl. The summed E-state index contributed by atoms with van der Waals surface area (Å²) in [5.41, 5.74) is 0. The summed E-state index contributed by atoms with van der Waals surface area (Å²) in [5.74, 6) is 0.849. The number of hydrogen-bond acceptors (Lipinski definition) is 3. The third-order valence-corrected chi connectivity index (χ3v) is 2.04. The van der Waals surface area contributed by atoms with Crippen LogP contribution in [0.2, 0.25) is 5.28 Å². The van der Waals surface area contributed by atoms with E-state index in [4.69, 9.17) is 16.3 Å². The van der Waals surface area contributed by atoms with E-state index in [1.165, 1.54) is 0 Å². The number of rotatable bonds is 5. The maximum absolute atomic E-state index is 5.81. The van der Waals surface area contributed by atoms with Gasteiger partial charge in [-0.25, -0.2) is 0 Å². The number of nitrogens with zero attached hydrogens (tertiary/aromatic N) is 3. The molecule has 0 N–H and O–H groups in total. The van der Waals surface area contributed by atoms with Crippen molar-refractivity contribution in [2.24, 2.45) is 0 Å². The molecule has 0 bridgehead atoms. The highest BCUT2D eigenvalue weighted by Gasteiger charge is 2.04. The maximum Gasteiger partial charge on any atom is 0.225 e. The van der Waals surface area contributed by atoms with Crippen molar-refractivity contribution < 1.29 is 4.74 Å². The Bertz CT molecular complexity index is 242. The minimum absolute atomic E-state index is 0.453. The van der Waals surface area contributed by atoms with Gasteiger partial charge in [-0.3, -0.25) is 0 Å². The second kappa shape index (κ2) is 5.19. The normalized spacial score (nSPS) is 10.7. The number of halogens is 1. The lowest BCUT2D eigenvalue weighted by Crippen LogP contribution is -2.04. The molecule has 0 atom stereocenters. The second-order valence-electron chi connectivity index (χ2n) is 2.72. The lowest BCUT2D eigenvalue weighted by Gasteiger charge is -2.04. The highest BCUT2D eigenvalue weighted by Crippen LogP contribution is 2.07. The maximum atomic E-state index is 5.81. The Kier molecular flexibility index (Phi) is 4.18. The summed E-state index contributed by atoms with van der Waals surface area (Å²) in [7, 11) is 0. The van der Waals surface area contributed by atoms with Crippen LogP contribution in [0.15, 0.2) is 0 Å². The van der Waals surface area contributed by atoms with E-state index >= 15 is 0 Å². The van der Waals surface area contributed by atoms with E-state index in [0.717, 1.165) is 32.0 Å². The molecule has 0 amide bonds. The molecule has 0 aliphatic heterocycles. The Morgan fingerprint density at radius 3 is 2.77 bits per heavy atom. The van der Waals surface area contributed by atoms with Crippen LogP contribution < -0.4 is 0 Å². The van der Waals surface area contributed by atoms with Crippen LogP contribution in [0.1, 0.15) is 19.2 Å². The average Bonchev–Trinajstić information content (AvgIpc) is 2.42. The Morgan fingerprint density at radius 1 is 1.46 bits per heavy atom. The summed E-state index contributed by atoms with van der Waals surface area (Å²) in [4.78, 5) is 0. The van der Waals surface area contributed by atoms with Crippen molar-refractivity contribution in [3.05, 3.63) is 11.1 Å². The molecule has 5 heteroatoms. The van der Waals surface area contributed by atoms with Crippen LogP contribution in [-0.2, 0) is 11.3 Å². The number of aryl methyl sites for hydroxylation is 1. The summed E-state index contributed by atoms with van der Waals surface area (Å²) >= 11 is 5.81. The van der Waals surface area contributed by atoms with E-state index in [-0.39, 0.29) is 0 Å². The fraction of sp³-hybridized carbons (Fsp3) is 0.750. The van der Waals surface area contributed by atoms with Gasteiger partial charge in [0.05, 0.1) is 0 Å². The third kappa shape index (κ3) is 2.97. The first-order valence-corrected chi connectivity index (χ1v) is 4.76. The molecule has 0 spiro atoms. The van der Waals surface area contributed by atoms with Crippen LogP contribution in [0.4, 0.5) is 0 Å². The smallest absolute Gasteiger partial charge is 0.225 e. The Hall–Kier alpha value is -0.610. The zero-order valence-corrected chi connectivity index (χ0v) is 8.71. The van der Waals surface area contributed by atoms with Crippen LogP contribution in [0.3, 0.4) is 0 Å². The number of aromatic nitrogens is 3. The molecule has 0 aliphatic rings. The van der Waals surface area contributed by atoms with E-state index in [2.05, 4.69) is 10.2 Å². The molecule has 1 aromatic heterocycles. The van der Waals surface area contributed by atoms with E-state index in [1.807, 2.05) is 18.4 Å². The molecule has 0 radical (unpaired) electrons. The van der Waals surface area contributed by atoms with Crippen molar-refractivity contribution in [3.63, 3.8) is 0 Å². The average molecular weight is 204 g/mol. The van der Waals surface area contributed by atoms with Gasteiger partial charge in [0.15, 0.2) is 0 Å². The molecule has 0 aliphatic carbocycles. The Balaban J connectivity index is 2.36. The van der Waals surface area contributed by atoms with E-state index in [1.54, 1.807) is 0 Å². The third-order valence-electron chi connectivity index (χ3n) is 1.77. The van der Waals surface area contributed by atoms with Gasteiger partial charge in [0, 0.05) is 19.8 Å². The van der Waals surface area contributed by atoms with Crippen molar-refractivity contribution in [1.29, 1.82) is 0 Å². The molecule has 1 heterocycles. The number of hydrogen-bond donors (Lipinski definition) is 0. The van der Waals surface area contributed by atoms with Gasteiger partial charge in [-0.1, -0.05) is 0 Å². The van der Waals surface area contributed by atoms with Gasteiger partial charge in [0.2, 0.25) is 5.28 Å².